The smallest absolute Gasteiger partial charge is 0.338 e. The van der Waals surface area contributed by atoms with Gasteiger partial charge in [0.1, 0.15) is 17.7 Å². The van der Waals surface area contributed by atoms with E-state index in [0.29, 0.717) is 17.1 Å². The summed E-state index contributed by atoms with van der Waals surface area (Å²) in [5.41, 5.74) is 1.85. The number of benzene rings is 1. The topological polar surface area (TPSA) is 50.7 Å². The molecular formula is C17H15FN2O2S. The van der Waals surface area contributed by atoms with Gasteiger partial charge in [-0.3, -0.25) is 4.99 Å². The van der Waals surface area contributed by atoms with Crippen LogP contribution in [0.2, 0.25) is 0 Å². The normalized spacial score (nSPS) is 17.5. The molecule has 6 heteroatoms. The predicted octanol–water partition coefficient (Wildman–Crippen LogP) is 3.43. The van der Waals surface area contributed by atoms with Gasteiger partial charge in [-0.25, -0.2) is 9.18 Å². The highest BCUT2D eigenvalue weighted by atomic mass is 32.1. The molecule has 2 aromatic rings. The summed E-state index contributed by atoms with van der Waals surface area (Å²) in [7, 11) is 1.34. The van der Waals surface area contributed by atoms with Crippen molar-refractivity contribution in [2.75, 3.05) is 7.11 Å². The number of hydrogen-bond donors (Lipinski definition) is 1. The molecule has 2 heterocycles. The zero-order valence-corrected chi connectivity index (χ0v) is 13.5. The average Bonchev–Trinajstić information content (AvgIpc) is 3.08. The van der Waals surface area contributed by atoms with E-state index in [1.165, 1.54) is 19.2 Å². The Hall–Kier alpha value is -2.47. The van der Waals surface area contributed by atoms with Crippen molar-refractivity contribution in [3.8, 4) is 0 Å². The highest BCUT2D eigenvalue weighted by Gasteiger charge is 2.30. The molecule has 0 fully saturated rings. The summed E-state index contributed by atoms with van der Waals surface area (Å²) in [5, 5.41) is 5.12. The molecule has 0 amide bonds. The van der Waals surface area contributed by atoms with Gasteiger partial charge >= 0.3 is 5.97 Å². The Labute approximate surface area is 137 Å². The minimum atomic E-state index is -0.526. The maximum Gasteiger partial charge on any atom is 0.338 e. The number of amidine groups is 1. The molecule has 0 saturated carbocycles. The molecule has 1 unspecified atom stereocenters. The van der Waals surface area contributed by atoms with Crippen LogP contribution in [0.15, 0.2) is 58.0 Å². The van der Waals surface area contributed by atoms with Crippen molar-refractivity contribution in [1.29, 1.82) is 0 Å². The van der Waals surface area contributed by atoms with Gasteiger partial charge in [-0.15, -0.1) is 11.3 Å². The summed E-state index contributed by atoms with van der Waals surface area (Å²) in [6.45, 7) is 1.81. The van der Waals surface area contributed by atoms with Crippen LogP contribution in [0.25, 0.3) is 0 Å². The van der Waals surface area contributed by atoms with E-state index in [0.717, 1.165) is 10.4 Å². The monoisotopic (exact) mass is 330 g/mol. The van der Waals surface area contributed by atoms with Crippen LogP contribution < -0.4 is 5.32 Å². The fourth-order valence-corrected chi connectivity index (χ4v) is 3.15. The molecule has 4 nitrogen and oxygen atoms in total. The van der Waals surface area contributed by atoms with Crippen molar-refractivity contribution < 1.29 is 13.9 Å². The van der Waals surface area contributed by atoms with Gasteiger partial charge in [0.05, 0.1) is 17.6 Å². The van der Waals surface area contributed by atoms with E-state index in [4.69, 9.17) is 4.74 Å². The van der Waals surface area contributed by atoms with Gasteiger partial charge in [0.2, 0.25) is 0 Å². The Morgan fingerprint density at radius 1 is 1.30 bits per heavy atom. The summed E-state index contributed by atoms with van der Waals surface area (Å²) in [5.74, 6) is -0.0803. The number of nitrogens with one attached hydrogen (secondary N) is 1. The van der Waals surface area contributed by atoms with Crippen molar-refractivity contribution in [3.05, 3.63) is 69.3 Å². The first-order valence-corrected chi connectivity index (χ1v) is 7.91. The van der Waals surface area contributed by atoms with E-state index in [1.807, 2.05) is 24.4 Å². The lowest BCUT2D eigenvalue weighted by molar-refractivity contribution is -0.136. The van der Waals surface area contributed by atoms with Gasteiger partial charge in [-0.2, -0.15) is 0 Å². The summed E-state index contributed by atoms with van der Waals surface area (Å²) in [6.07, 6.45) is 0. The molecule has 3 rings (SSSR count). The third kappa shape index (κ3) is 3.03. The summed E-state index contributed by atoms with van der Waals surface area (Å²) < 4.78 is 18.1. The molecule has 0 bridgehead atoms. The third-order valence-corrected chi connectivity index (χ3v) is 4.46. The summed E-state index contributed by atoms with van der Waals surface area (Å²) in [6, 6.07) is 9.36. The molecular weight excluding hydrogens is 315 g/mol. The van der Waals surface area contributed by atoms with Gasteiger partial charge in [0.25, 0.3) is 0 Å². The molecule has 0 radical (unpaired) electrons. The highest BCUT2D eigenvalue weighted by Crippen LogP contribution is 2.32. The molecule has 1 aromatic heterocycles. The van der Waals surface area contributed by atoms with Gasteiger partial charge < -0.3 is 10.1 Å². The number of esters is 1. The van der Waals surface area contributed by atoms with Crippen molar-refractivity contribution in [2.45, 2.75) is 13.0 Å². The fourth-order valence-electron chi connectivity index (χ4n) is 2.48. The zero-order valence-electron chi connectivity index (χ0n) is 12.7. The van der Waals surface area contributed by atoms with E-state index in [1.54, 1.807) is 23.5 Å². The molecule has 23 heavy (non-hydrogen) atoms. The number of ether oxygens (including phenoxy) is 1. The summed E-state index contributed by atoms with van der Waals surface area (Å²) in [4.78, 5) is 17.8. The quantitative estimate of drug-likeness (QED) is 0.877. The van der Waals surface area contributed by atoms with Gasteiger partial charge in [-0.05, 0) is 36.1 Å². The van der Waals surface area contributed by atoms with Crippen LogP contribution in [0.5, 0.6) is 0 Å². The number of hydrogen-bond acceptors (Lipinski definition) is 5. The minimum absolute atomic E-state index is 0.328. The number of nitrogens with zero attached hydrogens (tertiary/aromatic N) is 1. The Morgan fingerprint density at radius 3 is 2.65 bits per heavy atom. The third-order valence-electron chi connectivity index (χ3n) is 3.59. The van der Waals surface area contributed by atoms with Crippen LogP contribution in [0.1, 0.15) is 23.4 Å². The van der Waals surface area contributed by atoms with Crippen LogP contribution in [0.4, 0.5) is 4.39 Å². The number of carbonyl (C=O) groups is 1. The SMILES string of the molecule is COC(=O)C1=C(C)NC(c2cccs2)=NC1c1ccc(F)cc1. The van der Waals surface area contributed by atoms with Crippen LogP contribution in [0.3, 0.4) is 0 Å². The molecule has 0 spiro atoms. The zero-order chi connectivity index (χ0) is 16.4. The van der Waals surface area contributed by atoms with Crippen molar-refractivity contribution in [2.24, 2.45) is 4.99 Å². The molecule has 1 aliphatic heterocycles. The second-order valence-electron chi connectivity index (χ2n) is 5.06. The van der Waals surface area contributed by atoms with E-state index in [-0.39, 0.29) is 5.82 Å². The van der Waals surface area contributed by atoms with E-state index >= 15 is 0 Å². The molecule has 1 atom stereocenters. The Balaban J connectivity index is 2.08. The first-order chi connectivity index (χ1) is 11.1. The number of allylic oxidation sites excluding steroid dienone is 1. The molecule has 1 N–H and O–H groups in total. The Kier molecular flexibility index (Phi) is 4.25. The molecule has 1 aliphatic rings. The van der Waals surface area contributed by atoms with Gasteiger partial charge in [0.15, 0.2) is 0 Å². The van der Waals surface area contributed by atoms with Crippen molar-refractivity contribution >= 4 is 23.1 Å². The van der Waals surface area contributed by atoms with E-state index in [9.17, 15) is 9.18 Å². The fraction of sp³-hybridized carbons (Fsp3) is 0.176. The van der Waals surface area contributed by atoms with Gasteiger partial charge in [-0.1, -0.05) is 18.2 Å². The second-order valence-corrected chi connectivity index (χ2v) is 6.01. The van der Waals surface area contributed by atoms with Crippen molar-refractivity contribution in [1.82, 2.24) is 5.32 Å². The Bertz CT molecular complexity index is 779. The van der Waals surface area contributed by atoms with Crippen LogP contribution in [0, 0.1) is 5.82 Å². The first kappa shape index (κ1) is 15.4. The number of aliphatic imine (C=N–C) groups is 1. The first-order valence-electron chi connectivity index (χ1n) is 7.03. The van der Waals surface area contributed by atoms with Crippen LogP contribution in [-0.2, 0) is 9.53 Å². The second kappa shape index (κ2) is 6.34. The van der Waals surface area contributed by atoms with Crippen LogP contribution in [-0.4, -0.2) is 18.9 Å². The average molecular weight is 330 g/mol. The number of rotatable bonds is 3. The number of halogens is 1. The number of methoxy groups -OCH3 is 1. The lowest BCUT2D eigenvalue weighted by Crippen LogP contribution is -2.32. The lowest BCUT2D eigenvalue weighted by atomic mass is 9.96. The Morgan fingerprint density at radius 2 is 2.04 bits per heavy atom. The standard InChI is InChI=1S/C17H15FN2O2S/c1-10-14(17(21)22-2)15(11-5-7-12(18)8-6-11)20-16(19-10)13-4-3-9-23-13/h3-9,15H,1-2H3,(H,19,20). The molecule has 1 aromatic carbocycles. The summed E-state index contributed by atoms with van der Waals surface area (Å²) >= 11 is 1.55. The number of thiophene rings is 1. The molecule has 118 valence electrons. The minimum Gasteiger partial charge on any atom is -0.466 e. The van der Waals surface area contributed by atoms with Crippen LogP contribution >= 0.6 is 11.3 Å². The maximum atomic E-state index is 13.2. The van der Waals surface area contributed by atoms with E-state index < -0.39 is 12.0 Å². The van der Waals surface area contributed by atoms with Gasteiger partial charge in [0, 0.05) is 5.70 Å². The highest BCUT2D eigenvalue weighted by molar-refractivity contribution is 7.12. The molecule has 0 aliphatic carbocycles. The largest absolute Gasteiger partial charge is 0.466 e. The lowest BCUT2D eigenvalue weighted by Gasteiger charge is -2.25. The number of carbonyl (C=O) groups excluding carboxylic acids is 1. The van der Waals surface area contributed by atoms with E-state index in [2.05, 4.69) is 10.3 Å². The van der Waals surface area contributed by atoms with Crippen molar-refractivity contribution in [3.63, 3.8) is 0 Å². The predicted molar refractivity (Wildman–Crippen MR) is 87.8 cm³/mol. The molecule has 0 saturated heterocycles. The maximum absolute atomic E-state index is 13.2.